The number of imidazole rings is 1. The van der Waals surface area contributed by atoms with Crippen molar-refractivity contribution in [2.75, 3.05) is 32.5 Å². The molecule has 0 bridgehead atoms. The van der Waals surface area contributed by atoms with Gasteiger partial charge in [-0.15, -0.1) is 0 Å². The van der Waals surface area contributed by atoms with Gasteiger partial charge in [0.25, 0.3) is 5.56 Å². The molecule has 1 aromatic carbocycles. The van der Waals surface area contributed by atoms with E-state index in [1.54, 1.807) is 7.05 Å². The Morgan fingerprint density at radius 3 is 2.54 bits per heavy atom. The normalized spacial score (nSPS) is 11.4. The van der Waals surface area contributed by atoms with Crippen LogP contribution < -0.4 is 16.6 Å². The van der Waals surface area contributed by atoms with Gasteiger partial charge in [0, 0.05) is 20.1 Å². The maximum absolute atomic E-state index is 12.4. The number of aromatic amines is 1. The first-order valence-electron chi connectivity index (χ1n) is 8.50. The Balaban J connectivity index is 2.09. The smallest absolute Gasteiger partial charge is 0.329 e. The molecule has 2 heterocycles. The zero-order chi connectivity index (χ0) is 18.8. The highest BCUT2D eigenvalue weighted by molar-refractivity contribution is 5.74. The van der Waals surface area contributed by atoms with E-state index in [-0.39, 0.29) is 0 Å². The zero-order valence-electron chi connectivity index (χ0n) is 15.5. The maximum atomic E-state index is 12.4. The molecule has 0 aliphatic carbocycles. The van der Waals surface area contributed by atoms with Crippen LogP contribution in [0, 0.1) is 6.92 Å². The van der Waals surface area contributed by atoms with Gasteiger partial charge in [-0.2, -0.15) is 4.98 Å². The van der Waals surface area contributed by atoms with Gasteiger partial charge in [-0.05, 0) is 26.6 Å². The second-order valence-corrected chi connectivity index (χ2v) is 6.73. The molecule has 0 aliphatic rings. The van der Waals surface area contributed by atoms with Crippen molar-refractivity contribution in [3.05, 3.63) is 56.2 Å². The number of nitrogens with zero attached hydrogens (tertiary/aromatic N) is 4. The average molecular weight is 356 g/mol. The number of aromatic nitrogens is 4. The monoisotopic (exact) mass is 356 g/mol. The maximum Gasteiger partial charge on any atom is 0.329 e. The van der Waals surface area contributed by atoms with Crippen LogP contribution in [0.15, 0.2) is 33.9 Å². The topological polar surface area (TPSA) is 88.0 Å². The summed E-state index contributed by atoms with van der Waals surface area (Å²) in [6, 6.07) is 8.13. The van der Waals surface area contributed by atoms with Gasteiger partial charge in [0.15, 0.2) is 11.2 Å². The molecule has 3 aromatic rings. The highest BCUT2D eigenvalue weighted by atomic mass is 16.2. The molecular weight excluding hydrogens is 332 g/mol. The first-order chi connectivity index (χ1) is 12.4. The number of H-pyrrole nitrogens is 1. The predicted molar refractivity (Wildman–Crippen MR) is 103 cm³/mol. The Hall–Kier alpha value is -2.87. The van der Waals surface area contributed by atoms with Gasteiger partial charge in [0.1, 0.15) is 0 Å². The Bertz CT molecular complexity index is 1030. The molecule has 2 N–H and O–H groups in total. The van der Waals surface area contributed by atoms with E-state index >= 15 is 0 Å². The van der Waals surface area contributed by atoms with Crippen LogP contribution in [-0.2, 0) is 13.6 Å². The summed E-state index contributed by atoms with van der Waals surface area (Å²) < 4.78 is 3.19. The number of nitrogens with one attached hydrogen (secondary N) is 2. The number of hydrogen-bond acceptors (Lipinski definition) is 5. The lowest BCUT2D eigenvalue weighted by molar-refractivity contribution is 0.424. The van der Waals surface area contributed by atoms with Gasteiger partial charge in [0.05, 0.1) is 6.54 Å². The van der Waals surface area contributed by atoms with Crippen LogP contribution in [0.5, 0.6) is 0 Å². The lowest BCUT2D eigenvalue weighted by atomic mass is 10.1. The first-order valence-corrected chi connectivity index (χ1v) is 8.50. The first kappa shape index (κ1) is 17.9. The molecule has 8 heteroatoms. The summed E-state index contributed by atoms with van der Waals surface area (Å²) in [4.78, 5) is 33.3. The van der Waals surface area contributed by atoms with Gasteiger partial charge >= 0.3 is 5.69 Å². The predicted octanol–water partition coefficient (Wildman–Crippen LogP) is 0.754. The van der Waals surface area contributed by atoms with Crippen LogP contribution in [0.1, 0.15) is 11.1 Å². The van der Waals surface area contributed by atoms with E-state index in [4.69, 9.17) is 0 Å². The molecule has 0 aliphatic heterocycles. The number of anilines is 1. The minimum atomic E-state index is -0.470. The fraction of sp³-hybridized carbons (Fsp3) is 0.389. The number of rotatable bonds is 6. The van der Waals surface area contributed by atoms with Gasteiger partial charge < -0.3 is 10.2 Å². The molecule has 0 fully saturated rings. The van der Waals surface area contributed by atoms with Crippen molar-refractivity contribution in [1.82, 2.24) is 24.0 Å². The Morgan fingerprint density at radius 2 is 1.88 bits per heavy atom. The van der Waals surface area contributed by atoms with Crippen molar-refractivity contribution in [3.63, 3.8) is 0 Å². The molecule has 26 heavy (non-hydrogen) atoms. The van der Waals surface area contributed by atoms with E-state index in [0.717, 1.165) is 12.1 Å². The summed E-state index contributed by atoms with van der Waals surface area (Å²) in [5, 5.41) is 3.28. The number of hydrogen-bond donors (Lipinski definition) is 2. The fourth-order valence-electron chi connectivity index (χ4n) is 2.79. The van der Waals surface area contributed by atoms with E-state index in [9.17, 15) is 9.59 Å². The zero-order valence-corrected chi connectivity index (χ0v) is 15.5. The summed E-state index contributed by atoms with van der Waals surface area (Å²) in [6.07, 6.45) is 0. The highest BCUT2D eigenvalue weighted by Gasteiger charge is 2.17. The Labute approximate surface area is 151 Å². The number of fused-ring (bicyclic) bond motifs is 1. The van der Waals surface area contributed by atoms with Crippen molar-refractivity contribution < 1.29 is 0 Å². The fourth-order valence-corrected chi connectivity index (χ4v) is 2.79. The van der Waals surface area contributed by atoms with Crippen LogP contribution in [-0.4, -0.2) is 51.2 Å². The minimum absolute atomic E-state index is 0.373. The van der Waals surface area contributed by atoms with Gasteiger partial charge in [0.2, 0.25) is 5.95 Å². The molecule has 3 rings (SSSR count). The van der Waals surface area contributed by atoms with Crippen LogP contribution in [0.25, 0.3) is 11.2 Å². The van der Waals surface area contributed by atoms with Crippen LogP contribution in [0.2, 0.25) is 0 Å². The summed E-state index contributed by atoms with van der Waals surface area (Å²) in [5.74, 6) is 0.578. The van der Waals surface area contributed by atoms with E-state index < -0.39 is 11.2 Å². The largest absolute Gasteiger partial charge is 0.354 e. The minimum Gasteiger partial charge on any atom is -0.354 e. The molecule has 0 unspecified atom stereocenters. The van der Waals surface area contributed by atoms with Crippen molar-refractivity contribution in [2.45, 2.75) is 13.5 Å². The van der Waals surface area contributed by atoms with Gasteiger partial charge in [-0.3, -0.25) is 18.9 Å². The molecule has 2 aromatic heterocycles. The third kappa shape index (κ3) is 3.55. The van der Waals surface area contributed by atoms with Crippen molar-refractivity contribution >= 4 is 17.1 Å². The Morgan fingerprint density at radius 1 is 1.19 bits per heavy atom. The lowest BCUT2D eigenvalue weighted by Gasteiger charge is -2.13. The quantitative estimate of drug-likeness (QED) is 0.681. The SMILES string of the molecule is Cc1ccc(Cn2c(NCCN(C)C)nc3c2c(=O)[nH]c(=O)n3C)cc1. The highest BCUT2D eigenvalue weighted by Crippen LogP contribution is 2.17. The lowest BCUT2D eigenvalue weighted by Crippen LogP contribution is -2.29. The molecule has 0 saturated carbocycles. The second-order valence-electron chi connectivity index (χ2n) is 6.73. The van der Waals surface area contributed by atoms with Gasteiger partial charge in [-0.1, -0.05) is 29.8 Å². The summed E-state index contributed by atoms with van der Waals surface area (Å²) in [5.41, 5.74) is 2.09. The molecule has 0 radical (unpaired) electrons. The third-order valence-electron chi connectivity index (χ3n) is 4.31. The molecule has 138 valence electrons. The van der Waals surface area contributed by atoms with E-state index in [2.05, 4.69) is 20.2 Å². The average Bonchev–Trinajstić information content (AvgIpc) is 2.94. The standard InChI is InChI=1S/C18H24N6O2/c1-12-5-7-13(8-6-12)11-24-14-15(23(4)18(26)21-16(14)25)20-17(24)19-9-10-22(2)3/h5-8H,9-11H2,1-4H3,(H,19,20)(H,21,25,26). The number of aryl methyl sites for hydroxylation is 2. The van der Waals surface area contributed by atoms with E-state index in [0.29, 0.717) is 30.2 Å². The second kappa shape index (κ2) is 7.17. The number of likely N-dealkylation sites (N-methyl/N-ethyl adjacent to an activating group) is 1. The molecule has 8 nitrogen and oxygen atoms in total. The van der Waals surface area contributed by atoms with Crippen molar-refractivity contribution in [3.8, 4) is 0 Å². The molecule has 0 atom stereocenters. The molecule has 0 saturated heterocycles. The van der Waals surface area contributed by atoms with Gasteiger partial charge in [-0.25, -0.2) is 4.79 Å². The number of benzene rings is 1. The van der Waals surface area contributed by atoms with Crippen molar-refractivity contribution in [1.29, 1.82) is 0 Å². The summed E-state index contributed by atoms with van der Waals surface area (Å²) in [7, 11) is 5.59. The van der Waals surface area contributed by atoms with E-state index in [1.807, 2.05) is 49.9 Å². The summed E-state index contributed by atoms with van der Waals surface area (Å²) >= 11 is 0. The molecular formula is C18H24N6O2. The van der Waals surface area contributed by atoms with Crippen LogP contribution in [0.4, 0.5) is 5.95 Å². The molecule has 0 amide bonds. The van der Waals surface area contributed by atoms with E-state index in [1.165, 1.54) is 10.1 Å². The van der Waals surface area contributed by atoms with Crippen molar-refractivity contribution in [2.24, 2.45) is 7.05 Å². The van der Waals surface area contributed by atoms with Crippen LogP contribution >= 0.6 is 0 Å². The molecule has 0 spiro atoms. The third-order valence-corrected chi connectivity index (χ3v) is 4.31. The Kier molecular flexibility index (Phi) is 4.94. The summed E-state index contributed by atoms with van der Waals surface area (Å²) in [6.45, 7) is 4.02. The van der Waals surface area contributed by atoms with Crippen LogP contribution in [0.3, 0.4) is 0 Å².